The second-order valence-corrected chi connectivity index (χ2v) is 3.78. The second kappa shape index (κ2) is 6.81. The zero-order chi connectivity index (χ0) is 8.69. The van der Waals surface area contributed by atoms with Gasteiger partial charge in [0.05, 0.1) is 4.36 Å². The maximum Gasteiger partial charge on any atom is 0.0721 e. The van der Waals surface area contributed by atoms with E-state index in [1.807, 2.05) is 13.2 Å². The molecule has 0 atom stereocenters. The molecule has 0 spiro atoms. The lowest BCUT2D eigenvalue weighted by Gasteiger charge is -1.99. The normalized spacial score (nSPS) is 13.8. The topological polar surface area (TPSA) is 0 Å². The van der Waals surface area contributed by atoms with Crippen LogP contribution in [-0.2, 0) is 0 Å². The predicted octanol–water partition coefficient (Wildman–Crippen LogP) is 4.18. The van der Waals surface area contributed by atoms with Gasteiger partial charge in [0.1, 0.15) is 0 Å². The highest BCUT2D eigenvalue weighted by Crippen LogP contribution is 2.23. The van der Waals surface area contributed by atoms with Crippen LogP contribution in [-0.4, -0.2) is 6.26 Å². The average molecular weight is 191 g/mol. The Morgan fingerprint density at radius 1 is 1.55 bits per heavy atom. The zero-order valence-corrected chi connectivity index (χ0v) is 8.93. The molecule has 0 amide bonds. The number of rotatable bonds is 4. The summed E-state index contributed by atoms with van der Waals surface area (Å²) in [5.41, 5.74) is 1.29. The van der Waals surface area contributed by atoms with Gasteiger partial charge in [0, 0.05) is 0 Å². The predicted molar refractivity (Wildman–Crippen MR) is 56.1 cm³/mol. The molecule has 0 saturated carbocycles. The smallest absolute Gasteiger partial charge is 0.0721 e. The van der Waals surface area contributed by atoms with Crippen molar-refractivity contribution in [1.82, 2.24) is 0 Å². The molecule has 0 unspecified atom stereocenters. The number of halogens is 1. The minimum absolute atomic E-state index is 0.939. The van der Waals surface area contributed by atoms with Gasteiger partial charge in [-0.05, 0) is 38.5 Å². The van der Waals surface area contributed by atoms with Gasteiger partial charge in [-0.15, -0.1) is 11.8 Å². The molecule has 0 saturated heterocycles. The molecule has 0 aliphatic carbocycles. The SMILES string of the molecule is CC=CCC/C(C)=C(/Cl)SC. The molecule has 0 aromatic carbocycles. The Morgan fingerprint density at radius 2 is 2.18 bits per heavy atom. The third kappa shape index (κ3) is 5.40. The number of hydrogen-bond donors (Lipinski definition) is 0. The Balaban J connectivity index is 3.76. The van der Waals surface area contributed by atoms with Crippen molar-refractivity contribution in [3.63, 3.8) is 0 Å². The van der Waals surface area contributed by atoms with Crippen LogP contribution >= 0.6 is 23.4 Å². The summed E-state index contributed by atoms with van der Waals surface area (Å²) in [6.07, 6.45) is 8.40. The molecule has 64 valence electrons. The van der Waals surface area contributed by atoms with Crippen molar-refractivity contribution in [3.8, 4) is 0 Å². The molecule has 0 aliphatic rings. The van der Waals surface area contributed by atoms with Crippen molar-refractivity contribution in [1.29, 1.82) is 0 Å². The molecule has 0 radical (unpaired) electrons. The molecule has 0 aromatic rings. The van der Waals surface area contributed by atoms with Crippen molar-refractivity contribution in [2.24, 2.45) is 0 Å². The van der Waals surface area contributed by atoms with E-state index in [0.717, 1.165) is 17.2 Å². The highest BCUT2D eigenvalue weighted by molar-refractivity contribution is 8.03. The molecule has 0 aromatic heterocycles. The van der Waals surface area contributed by atoms with Crippen LogP contribution < -0.4 is 0 Å². The maximum absolute atomic E-state index is 5.91. The van der Waals surface area contributed by atoms with Crippen LogP contribution in [0.5, 0.6) is 0 Å². The van der Waals surface area contributed by atoms with E-state index in [-0.39, 0.29) is 0 Å². The summed E-state index contributed by atoms with van der Waals surface area (Å²) in [6, 6.07) is 0. The summed E-state index contributed by atoms with van der Waals surface area (Å²) in [6.45, 7) is 4.12. The Labute approximate surface area is 78.7 Å². The van der Waals surface area contributed by atoms with Gasteiger partial charge in [0.2, 0.25) is 0 Å². The quantitative estimate of drug-likeness (QED) is 0.600. The maximum atomic E-state index is 5.91. The van der Waals surface area contributed by atoms with Crippen LogP contribution in [0.3, 0.4) is 0 Å². The van der Waals surface area contributed by atoms with Crippen LogP contribution in [0.2, 0.25) is 0 Å². The average Bonchev–Trinajstić information content (AvgIpc) is 2.03. The van der Waals surface area contributed by atoms with Gasteiger partial charge in [0.15, 0.2) is 0 Å². The molecule has 0 bridgehead atoms. The minimum Gasteiger partial charge on any atom is -0.118 e. The fourth-order valence-corrected chi connectivity index (χ4v) is 1.28. The molecule has 0 N–H and O–H groups in total. The van der Waals surface area contributed by atoms with Gasteiger partial charge in [-0.1, -0.05) is 23.8 Å². The van der Waals surface area contributed by atoms with E-state index in [0.29, 0.717) is 0 Å². The van der Waals surface area contributed by atoms with Crippen LogP contribution in [0, 0.1) is 0 Å². The fraction of sp³-hybridized carbons (Fsp3) is 0.556. The number of thioether (sulfide) groups is 1. The molecule has 0 rings (SSSR count). The molecule has 11 heavy (non-hydrogen) atoms. The lowest BCUT2D eigenvalue weighted by Crippen LogP contribution is -1.77. The number of allylic oxidation sites excluding steroid dienone is 3. The first-order valence-electron chi connectivity index (χ1n) is 3.72. The van der Waals surface area contributed by atoms with Crippen molar-refractivity contribution in [3.05, 3.63) is 22.1 Å². The van der Waals surface area contributed by atoms with Crippen LogP contribution in [0.1, 0.15) is 26.7 Å². The van der Waals surface area contributed by atoms with E-state index in [1.54, 1.807) is 11.8 Å². The van der Waals surface area contributed by atoms with Gasteiger partial charge in [-0.25, -0.2) is 0 Å². The first-order valence-corrected chi connectivity index (χ1v) is 5.33. The summed E-state index contributed by atoms with van der Waals surface area (Å²) in [4.78, 5) is 0. The molecule has 2 heteroatoms. The summed E-state index contributed by atoms with van der Waals surface area (Å²) in [5.74, 6) is 0. The largest absolute Gasteiger partial charge is 0.118 e. The monoisotopic (exact) mass is 190 g/mol. The summed E-state index contributed by atoms with van der Waals surface area (Å²) >= 11 is 7.53. The van der Waals surface area contributed by atoms with Crippen LogP contribution in [0.15, 0.2) is 22.1 Å². The third-order valence-electron chi connectivity index (χ3n) is 1.44. The first kappa shape index (κ1) is 11.1. The molecular weight excluding hydrogens is 176 g/mol. The Hall–Kier alpha value is 0.120. The second-order valence-electron chi connectivity index (χ2n) is 2.37. The van der Waals surface area contributed by atoms with Gasteiger partial charge < -0.3 is 0 Å². The van der Waals surface area contributed by atoms with Gasteiger partial charge in [-0.3, -0.25) is 0 Å². The van der Waals surface area contributed by atoms with E-state index >= 15 is 0 Å². The van der Waals surface area contributed by atoms with Gasteiger partial charge in [-0.2, -0.15) is 0 Å². The summed E-state index contributed by atoms with van der Waals surface area (Å²) in [5, 5.41) is 0. The first-order chi connectivity index (χ1) is 5.22. The third-order valence-corrected chi connectivity index (χ3v) is 2.93. The van der Waals surface area contributed by atoms with E-state index in [4.69, 9.17) is 11.6 Å². The zero-order valence-electron chi connectivity index (χ0n) is 7.36. The van der Waals surface area contributed by atoms with E-state index in [1.165, 1.54) is 5.57 Å². The lowest BCUT2D eigenvalue weighted by molar-refractivity contribution is 0.977. The van der Waals surface area contributed by atoms with Crippen molar-refractivity contribution < 1.29 is 0 Å². The van der Waals surface area contributed by atoms with Crippen molar-refractivity contribution in [2.45, 2.75) is 26.7 Å². The van der Waals surface area contributed by atoms with Gasteiger partial charge >= 0.3 is 0 Å². The molecule has 0 aliphatic heterocycles. The highest BCUT2D eigenvalue weighted by atomic mass is 35.5. The molecule has 0 nitrogen and oxygen atoms in total. The standard InChI is InChI=1S/C9H15ClS/c1-4-5-6-7-8(2)9(10)11-3/h4-5H,6-7H2,1-3H3/b5-4?,9-8-. The molecule has 0 heterocycles. The summed E-state index contributed by atoms with van der Waals surface area (Å²) in [7, 11) is 0. The van der Waals surface area contributed by atoms with E-state index in [2.05, 4.69) is 19.1 Å². The van der Waals surface area contributed by atoms with E-state index in [9.17, 15) is 0 Å². The number of hydrogen-bond acceptors (Lipinski definition) is 1. The van der Waals surface area contributed by atoms with Crippen LogP contribution in [0.4, 0.5) is 0 Å². The minimum atomic E-state index is 0.939. The fourth-order valence-electron chi connectivity index (χ4n) is 0.739. The van der Waals surface area contributed by atoms with Crippen LogP contribution in [0.25, 0.3) is 0 Å². The lowest BCUT2D eigenvalue weighted by atomic mass is 10.2. The Kier molecular flexibility index (Phi) is 6.88. The van der Waals surface area contributed by atoms with Gasteiger partial charge in [0.25, 0.3) is 0 Å². The van der Waals surface area contributed by atoms with E-state index < -0.39 is 0 Å². The van der Waals surface area contributed by atoms with Crippen molar-refractivity contribution >= 4 is 23.4 Å². The Morgan fingerprint density at radius 3 is 2.64 bits per heavy atom. The highest BCUT2D eigenvalue weighted by Gasteiger charge is 1.95. The van der Waals surface area contributed by atoms with Crippen molar-refractivity contribution in [2.75, 3.05) is 6.26 Å². The Bertz CT molecular complexity index is 159. The summed E-state index contributed by atoms with van der Waals surface area (Å²) < 4.78 is 0.939. The molecule has 0 fully saturated rings. The molecular formula is C9H15ClS.